The number of carbonyl (C=O) groups is 2. The van der Waals surface area contributed by atoms with Gasteiger partial charge in [-0.1, -0.05) is 12.1 Å². The molecule has 178 valence electrons. The minimum absolute atomic E-state index is 0.0188. The highest BCUT2D eigenvalue weighted by atomic mass is 32.1. The summed E-state index contributed by atoms with van der Waals surface area (Å²) in [6, 6.07) is 6.88. The maximum atomic E-state index is 13.1. The molecule has 0 spiro atoms. The van der Waals surface area contributed by atoms with Crippen LogP contribution in [0.2, 0.25) is 0 Å². The lowest BCUT2D eigenvalue weighted by Crippen LogP contribution is -2.56. The molecule has 9 nitrogen and oxygen atoms in total. The summed E-state index contributed by atoms with van der Waals surface area (Å²) in [6.07, 6.45) is 0.854. The molecule has 3 aromatic rings. The minimum atomic E-state index is -0.671. The number of benzene rings is 1. The molecule has 5 rings (SSSR count). The van der Waals surface area contributed by atoms with Gasteiger partial charge in [-0.2, -0.15) is 0 Å². The molecule has 2 atom stereocenters. The van der Waals surface area contributed by atoms with Crippen LogP contribution in [0.4, 0.5) is 5.82 Å². The Kier molecular flexibility index (Phi) is 5.99. The molecule has 2 aliphatic heterocycles. The number of para-hydroxylation sites is 2. The molecule has 0 saturated carbocycles. The van der Waals surface area contributed by atoms with Gasteiger partial charge in [-0.05, 0) is 38.5 Å². The Bertz CT molecular complexity index is 1240. The number of anilines is 1. The van der Waals surface area contributed by atoms with E-state index in [2.05, 4.69) is 22.2 Å². The summed E-state index contributed by atoms with van der Waals surface area (Å²) >= 11 is 1.62. The number of aryl methyl sites for hydroxylation is 2. The van der Waals surface area contributed by atoms with Crippen LogP contribution in [0.15, 0.2) is 30.6 Å². The van der Waals surface area contributed by atoms with E-state index < -0.39 is 12.1 Å². The molecule has 2 aromatic heterocycles. The Labute approximate surface area is 201 Å². The van der Waals surface area contributed by atoms with E-state index in [0.29, 0.717) is 43.5 Å². The van der Waals surface area contributed by atoms with E-state index in [1.807, 2.05) is 32.0 Å². The molecule has 2 amide bonds. The first-order valence-electron chi connectivity index (χ1n) is 11.4. The molecule has 0 unspecified atom stereocenters. The van der Waals surface area contributed by atoms with Crippen molar-refractivity contribution in [2.75, 3.05) is 38.1 Å². The van der Waals surface area contributed by atoms with Gasteiger partial charge in [0.2, 0.25) is 12.0 Å². The maximum Gasteiger partial charge on any atom is 0.267 e. The monoisotopic (exact) mass is 481 g/mol. The van der Waals surface area contributed by atoms with E-state index in [-0.39, 0.29) is 18.4 Å². The number of fused-ring (bicyclic) bond motifs is 2. The SMILES string of the molecule is Cc1sc2ncnc(N[C@H](C)C(=O)N3CCN(C(=O)[C@H]4COc5ccccc5O4)CC3)c2c1C. The normalized spacial score (nSPS) is 18.6. The van der Waals surface area contributed by atoms with E-state index in [4.69, 9.17) is 9.47 Å². The Hall–Kier alpha value is -3.40. The number of amides is 2. The highest BCUT2D eigenvalue weighted by molar-refractivity contribution is 7.18. The third-order valence-corrected chi connectivity index (χ3v) is 7.49. The molecule has 34 heavy (non-hydrogen) atoms. The van der Waals surface area contributed by atoms with Crippen molar-refractivity contribution in [3.63, 3.8) is 0 Å². The number of hydrogen-bond donors (Lipinski definition) is 1. The van der Waals surface area contributed by atoms with Crippen LogP contribution in [-0.4, -0.2) is 76.5 Å². The van der Waals surface area contributed by atoms with Gasteiger partial charge in [0.15, 0.2) is 11.5 Å². The number of thiophene rings is 1. The van der Waals surface area contributed by atoms with Crippen LogP contribution in [0.5, 0.6) is 11.5 Å². The van der Waals surface area contributed by atoms with Gasteiger partial charge in [-0.3, -0.25) is 9.59 Å². The lowest BCUT2D eigenvalue weighted by molar-refractivity contribution is -0.146. The van der Waals surface area contributed by atoms with Gasteiger partial charge in [0.05, 0.1) is 5.39 Å². The fourth-order valence-electron chi connectivity index (χ4n) is 4.32. The average molecular weight is 482 g/mol. The zero-order valence-corrected chi connectivity index (χ0v) is 20.2. The predicted octanol–water partition coefficient (Wildman–Crippen LogP) is 2.62. The smallest absolute Gasteiger partial charge is 0.267 e. The lowest BCUT2D eigenvalue weighted by atomic mass is 10.2. The summed E-state index contributed by atoms with van der Waals surface area (Å²) in [5.74, 6) is 1.78. The number of aromatic nitrogens is 2. The number of nitrogens with one attached hydrogen (secondary N) is 1. The number of nitrogens with zero attached hydrogens (tertiary/aromatic N) is 4. The van der Waals surface area contributed by atoms with Crippen LogP contribution in [-0.2, 0) is 9.59 Å². The third-order valence-electron chi connectivity index (χ3n) is 6.38. The summed E-state index contributed by atoms with van der Waals surface area (Å²) in [5, 5.41) is 4.25. The second kappa shape index (κ2) is 9.09. The maximum absolute atomic E-state index is 13.1. The Morgan fingerprint density at radius 2 is 1.79 bits per heavy atom. The summed E-state index contributed by atoms with van der Waals surface area (Å²) in [5.41, 5.74) is 1.13. The van der Waals surface area contributed by atoms with Crippen molar-refractivity contribution in [1.29, 1.82) is 0 Å². The van der Waals surface area contributed by atoms with Crippen LogP contribution < -0.4 is 14.8 Å². The first-order chi connectivity index (χ1) is 16.4. The number of ether oxygens (including phenoxy) is 2. The number of carbonyl (C=O) groups excluding carboxylic acids is 2. The van der Waals surface area contributed by atoms with Crippen LogP contribution >= 0.6 is 11.3 Å². The van der Waals surface area contributed by atoms with E-state index >= 15 is 0 Å². The van der Waals surface area contributed by atoms with Gasteiger partial charge in [-0.25, -0.2) is 9.97 Å². The van der Waals surface area contributed by atoms with Gasteiger partial charge in [0, 0.05) is 31.1 Å². The molecule has 1 aromatic carbocycles. The van der Waals surface area contributed by atoms with Crippen molar-refractivity contribution in [3.05, 3.63) is 41.0 Å². The number of rotatable bonds is 4. The van der Waals surface area contributed by atoms with E-state index in [1.165, 1.54) is 11.2 Å². The first-order valence-corrected chi connectivity index (χ1v) is 12.2. The van der Waals surface area contributed by atoms with E-state index in [1.54, 1.807) is 27.2 Å². The quantitative estimate of drug-likeness (QED) is 0.612. The molecule has 4 heterocycles. The Balaban J connectivity index is 1.18. The molecular weight excluding hydrogens is 454 g/mol. The highest BCUT2D eigenvalue weighted by Crippen LogP contribution is 2.33. The van der Waals surface area contributed by atoms with Gasteiger partial charge in [-0.15, -0.1) is 11.3 Å². The zero-order chi connectivity index (χ0) is 23.8. The van der Waals surface area contributed by atoms with Crippen LogP contribution in [0.25, 0.3) is 10.2 Å². The van der Waals surface area contributed by atoms with E-state index in [0.717, 1.165) is 15.8 Å². The Morgan fingerprint density at radius 1 is 1.09 bits per heavy atom. The predicted molar refractivity (Wildman–Crippen MR) is 129 cm³/mol. The van der Waals surface area contributed by atoms with Gasteiger partial charge >= 0.3 is 0 Å². The molecule has 1 N–H and O–H groups in total. The van der Waals surface area contributed by atoms with Crippen molar-refractivity contribution < 1.29 is 19.1 Å². The molecule has 0 radical (unpaired) electrons. The molecule has 0 bridgehead atoms. The van der Waals surface area contributed by atoms with Crippen molar-refractivity contribution >= 4 is 39.2 Å². The van der Waals surface area contributed by atoms with Gasteiger partial charge in [0.25, 0.3) is 5.91 Å². The largest absolute Gasteiger partial charge is 0.485 e. The van der Waals surface area contributed by atoms with Crippen LogP contribution in [0.1, 0.15) is 17.4 Å². The van der Waals surface area contributed by atoms with Gasteiger partial charge < -0.3 is 24.6 Å². The van der Waals surface area contributed by atoms with Gasteiger partial charge in [0.1, 0.15) is 29.6 Å². The number of piperazine rings is 1. The lowest BCUT2D eigenvalue weighted by Gasteiger charge is -2.38. The summed E-state index contributed by atoms with van der Waals surface area (Å²) in [6.45, 7) is 7.98. The van der Waals surface area contributed by atoms with Crippen molar-refractivity contribution in [3.8, 4) is 11.5 Å². The molecule has 2 aliphatic rings. The second-order valence-corrected chi connectivity index (χ2v) is 9.77. The summed E-state index contributed by atoms with van der Waals surface area (Å²) in [7, 11) is 0. The second-order valence-electron chi connectivity index (χ2n) is 8.57. The molecular formula is C24H27N5O4S. The Morgan fingerprint density at radius 3 is 2.56 bits per heavy atom. The van der Waals surface area contributed by atoms with Crippen molar-refractivity contribution in [1.82, 2.24) is 19.8 Å². The van der Waals surface area contributed by atoms with Crippen LogP contribution in [0, 0.1) is 13.8 Å². The summed E-state index contributed by atoms with van der Waals surface area (Å²) in [4.78, 5) is 40.5. The van der Waals surface area contributed by atoms with Crippen LogP contribution in [0.3, 0.4) is 0 Å². The van der Waals surface area contributed by atoms with Crippen molar-refractivity contribution in [2.24, 2.45) is 0 Å². The topological polar surface area (TPSA) is 96.9 Å². The average Bonchev–Trinajstić information content (AvgIpc) is 3.17. The zero-order valence-electron chi connectivity index (χ0n) is 19.4. The summed E-state index contributed by atoms with van der Waals surface area (Å²) < 4.78 is 11.5. The fraction of sp³-hybridized carbons (Fsp3) is 0.417. The third kappa shape index (κ3) is 4.13. The molecule has 1 saturated heterocycles. The first kappa shape index (κ1) is 22.4. The standard InChI is InChI=1S/C24H27N5O4S/c1-14-16(3)34-22-20(14)21(25-13-26-22)27-15(2)23(30)28-8-10-29(11-9-28)24(31)19-12-32-17-6-4-5-7-18(17)33-19/h4-7,13,15,19H,8-12H2,1-3H3,(H,25,26,27)/t15-,19-/m1/s1. The molecule has 0 aliphatic carbocycles. The molecule has 1 fully saturated rings. The minimum Gasteiger partial charge on any atom is -0.485 e. The van der Waals surface area contributed by atoms with Crippen molar-refractivity contribution in [2.45, 2.75) is 32.9 Å². The molecule has 10 heteroatoms. The van der Waals surface area contributed by atoms with E-state index in [9.17, 15) is 9.59 Å². The fourth-order valence-corrected chi connectivity index (χ4v) is 5.32. The highest BCUT2D eigenvalue weighted by Gasteiger charge is 2.34. The number of hydrogen-bond acceptors (Lipinski definition) is 8.